The molecule has 0 aliphatic carbocycles. The molecule has 3 rings (SSSR count). The van der Waals surface area contributed by atoms with E-state index in [4.69, 9.17) is 9.15 Å². The van der Waals surface area contributed by atoms with Gasteiger partial charge in [-0.3, -0.25) is 4.79 Å². The summed E-state index contributed by atoms with van der Waals surface area (Å²) in [6.07, 6.45) is 1.63. The van der Waals surface area contributed by atoms with Gasteiger partial charge in [-0.15, -0.1) is 0 Å². The lowest BCUT2D eigenvalue weighted by Gasteiger charge is -2.07. The predicted octanol–water partition coefficient (Wildman–Crippen LogP) is 2.77. The van der Waals surface area contributed by atoms with Crippen molar-refractivity contribution in [3.05, 3.63) is 78.8 Å². The van der Waals surface area contributed by atoms with Crippen LogP contribution in [0.1, 0.15) is 5.76 Å². The second-order valence-electron chi connectivity index (χ2n) is 5.26. The summed E-state index contributed by atoms with van der Waals surface area (Å²) in [4.78, 5) is 11.9. The molecule has 0 saturated heterocycles. The van der Waals surface area contributed by atoms with Crippen LogP contribution < -0.4 is 15.4 Å². The Bertz CT molecular complexity index is 753. The smallest absolute Gasteiger partial charge is 0.279 e. The van der Waals surface area contributed by atoms with Crippen LogP contribution in [0.2, 0.25) is 0 Å². The maximum Gasteiger partial charge on any atom is 0.279 e. The summed E-state index contributed by atoms with van der Waals surface area (Å²) in [5, 5.41) is 4.75. The molecule has 5 nitrogen and oxygen atoms in total. The SMILES string of the molecule is O=C(C[NH2+]Cc1ccco1)Nc1ccc(Oc2ccccc2)cc1. The number of amides is 1. The van der Waals surface area contributed by atoms with Crippen molar-refractivity contribution < 1.29 is 19.3 Å². The van der Waals surface area contributed by atoms with Crippen molar-refractivity contribution in [3.63, 3.8) is 0 Å². The van der Waals surface area contributed by atoms with Crippen molar-refractivity contribution >= 4 is 11.6 Å². The monoisotopic (exact) mass is 323 g/mol. The highest BCUT2D eigenvalue weighted by molar-refractivity contribution is 5.91. The van der Waals surface area contributed by atoms with Crippen molar-refractivity contribution in [2.45, 2.75) is 6.54 Å². The lowest BCUT2D eigenvalue weighted by Crippen LogP contribution is -2.84. The number of hydrogen-bond acceptors (Lipinski definition) is 3. The Morgan fingerprint density at radius 3 is 2.42 bits per heavy atom. The van der Waals surface area contributed by atoms with Gasteiger partial charge >= 0.3 is 0 Å². The molecule has 0 fully saturated rings. The molecule has 5 heteroatoms. The molecule has 1 amide bonds. The van der Waals surface area contributed by atoms with Crippen LogP contribution in [-0.2, 0) is 11.3 Å². The number of ether oxygens (including phenoxy) is 1. The van der Waals surface area contributed by atoms with E-state index in [0.29, 0.717) is 13.1 Å². The molecular weight excluding hydrogens is 304 g/mol. The number of nitrogens with two attached hydrogens (primary N) is 1. The Kier molecular flexibility index (Phi) is 5.27. The van der Waals surface area contributed by atoms with E-state index in [1.165, 1.54) is 0 Å². The molecule has 2 aromatic carbocycles. The summed E-state index contributed by atoms with van der Waals surface area (Å²) >= 11 is 0. The summed E-state index contributed by atoms with van der Waals surface area (Å²) in [5.74, 6) is 2.30. The maximum absolute atomic E-state index is 11.9. The summed E-state index contributed by atoms with van der Waals surface area (Å²) < 4.78 is 10.9. The lowest BCUT2D eigenvalue weighted by molar-refractivity contribution is -0.661. The largest absolute Gasteiger partial charge is 0.463 e. The van der Waals surface area contributed by atoms with Crippen molar-refractivity contribution in [1.82, 2.24) is 0 Å². The van der Waals surface area contributed by atoms with Gasteiger partial charge in [0.05, 0.1) is 6.26 Å². The first-order valence-corrected chi connectivity index (χ1v) is 7.76. The van der Waals surface area contributed by atoms with Crippen LogP contribution in [0.5, 0.6) is 11.5 Å². The molecule has 1 aromatic heterocycles. The Hall–Kier alpha value is -3.05. The highest BCUT2D eigenvalue weighted by Crippen LogP contribution is 2.22. The van der Waals surface area contributed by atoms with E-state index < -0.39 is 0 Å². The molecule has 0 aliphatic rings. The average molecular weight is 323 g/mol. The molecule has 0 atom stereocenters. The van der Waals surface area contributed by atoms with Crippen molar-refractivity contribution in [1.29, 1.82) is 0 Å². The predicted molar refractivity (Wildman–Crippen MR) is 90.8 cm³/mol. The van der Waals surface area contributed by atoms with Crippen LogP contribution in [0.3, 0.4) is 0 Å². The van der Waals surface area contributed by atoms with Crippen LogP contribution in [0.15, 0.2) is 77.4 Å². The van der Waals surface area contributed by atoms with Crippen LogP contribution >= 0.6 is 0 Å². The summed E-state index contributed by atoms with van der Waals surface area (Å²) in [5.41, 5.74) is 0.742. The number of rotatable bonds is 7. The van der Waals surface area contributed by atoms with E-state index in [2.05, 4.69) is 5.32 Å². The molecule has 122 valence electrons. The van der Waals surface area contributed by atoms with Gasteiger partial charge in [0.2, 0.25) is 0 Å². The van der Waals surface area contributed by atoms with Gasteiger partial charge < -0.3 is 19.8 Å². The number of furan rings is 1. The number of para-hydroxylation sites is 1. The second kappa shape index (κ2) is 7.99. The molecule has 0 radical (unpaired) electrons. The van der Waals surface area contributed by atoms with E-state index >= 15 is 0 Å². The minimum atomic E-state index is -0.0571. The van der Waals surface area contributed by atoms with Crippen LogP contribution in [0.4, 0.5) is 5.69 Å². The lowest BCUT2D eigenvalue weighted by atomic mass is 10.3. The molecule has 3 aromatic rings. The van der Waals surface area contributed by atoms with Gasteiger partial charge in [0.1, 0.15) is 18.0 Å². The minimum absolute atomic E-state index is 0.0571. The fourth-order valence-electron chi connectivity index (χ4n) is 2.22. The molecular formula is C19H19N2O3+. The summed E-state index contributed by atoms with van der Waals surface area (Å²) in [6.45, 7) is 0.979. The maximum atomic E-state index is 11.9. The summed E-state index contributed by atoms with van der Waals surface area (Å²) in [6, 6.07) is 20.6. The molecule has 3 N–H and O–H groups in total. The van der Waals surface area contributed by atoms with Gasteiger partial charge in [-0.2, -0.15) is 0 Å². The Morgan fingerprint density at radius 1 is 0.958 bits per heavy atom. The van der Waals surface area contributed by atoms with Gasteiger partial charge in [-0.25, -0.2) is 0 Å². The Balaban J connectivity index is 1.46. The third-order valence-corrected chi connectivity index (χ3v) is 3.37. The second-order valence-corrected chi connectivity index (χ2v) is 5.26. The van der Waals surface area contributed by atoms with E-state index in [0.717, 1.165) is 22.9 Å². The van der Waals surface area contributed by atoms with Crippen LogP contribution in [-0.4, -0.2) is 12.5 Å². The van der Waals surface area contributed by atoms with Crippen molar-refractivity contribution in [2.24, 2.45) is 0 Å². The van der Waals surface area contributed by atoms with E-state index in [-0.39, 0.29) is 5.91 Å². The van der Waals surface area contributed by atoms with E-state index in [1.54, 1.807) is 6.26 Å². The van der Waals surface area contributed by atoms with E-state index in [1.807, 2.05) is 72.0 Å². The number of benzene rings is 2. The third-order valence-electron chi connectivity index (χ3n) is 3.37. The number of quaternary nitrogens is 1. The fourth-order valence-corrected chi connectivity index (χ4v) is 2.22. The standard InChI is InChI=1S/C19H18N2O3/c22-19(14-20-13-18-7-4-12-23-18)21-15-8-10-17(11-9-15)24-16-5-2-1-3-6-16/h1-12,20H,13-14H2,(H,21,22)/p+1. The highest BCUT2D eigenvalue weighted by atomic mass is 16.5. The van der Waals surface area contributed by atoms with Crippen molar-refractivity contribution in [2.75, 3.05) is 11.9 Å². The highest BCUT2D eigenvalue weighted by Gasteiger charge is 2.06. The molecule has 0 saturated carbocycles. The van der Waals surface area contributed by atoms with Gasteiger partial charge in [-0.05, 0) is 48.5 Å². The molecule has 24 heavy (non-hydrogen) atoms. The number of hydrogen-bond donors (Lipinski definition) is 2. The first-order chi connectivity index (χ1) is 11.8. The zero-order valence-electron chi connectivity index (χ0n) is 13.1. The average Bonchev–Trinajstić information content (AvgIpc) is 3.11. The Labute approximate surface area is 140 Å². The van der Waals surface area contributed by atoms with E-state index in [9.17, 15) is 4.79 Å². The zero-order valence-corrected chi connectivity index (χ0v) is 13.1. The fraction of sp³-hybridized carbons (Fsp3) is 0.105. The number of carbonyl (C=O) groups is 1. The molecule has 0 spiro atoms. The zero-order chi connectivity index (χ0) is 16.6. The molecule has 0 unspecified atom stereocenters. The first-order valence-electron chi connectivity index (χ1n) is 7.76. The van der Waals surface area contributed by atoms with Gasteiger partial charge in [-0.1, -0.05) is 18.2 Å². The van der Waals surface area contributed by atoms with Crippen LogP contribution in [0, 0.1) is 0 Å². The number of anilines is 1. The van der Waals surface area contributed by atoms with Crippen molar-refractivity contribution in [3.8, 4) is 11.5 Å². The Morgan fingerprint density at radius 2 is 1.71 bits per heavy atom. The van der Waals surface area contributed by atoms with Gasteiger partial charge in [0, 0.05) is 5.69 Å². The molecule has 0 aliphatic heterocycles. The minimum Gasteiger partial charge on any atom is -0.463 e. The van der Waals surface area contributed by atoms with Crippen LogP contribution in [0.25, 0.3) is 0 Å². The molecule has 0 bridgehead atoms. The topological polar surface area (TPSA) is 68.1 Å². The summed E-state index contributed by atoms with van der Waals surface area (Å²) in [7, 11) is 0. The number of carbonyl (C=O) groups excluding carboxylic acids is 1. The van der Waals surface area contributed by atoms with Gasteiger partial charge in [0.15, 0.2) is 12.3 Å². The molecule has 1 heterocycles. The normalized spacial score (nSPS) is 10.3. The third kappa shape index (κ3) is 4.72. The quantitative estimate of drug-likeness (QED) is 0.702. The number of nitrogens with one attached hydrogen (secondary N) is 1. The van der Waals surface area contributed by atoms with Gasteiger partial charge in [0.25, 0.3) is 5.91 Å². The first kappa shape index (κ1) is 15.8.